The number of hydrogen-bond acceptors (Lipinski definition) is 7. The largest absolute Gasteiger partial charge is 0.493 e. The van der Waals surface area contributed by atoms with Gasteiger partial charge in [0.25, 0.3) is 0 Å². The standard InChI is InChI=1S/C24H29N3O5S.2ClH/c1-17(12-18-13-21(30-2)24(32-4)22(14-18)31-3)15-26-10-11-27-33(28,29)23-7-5-6-19-16-25-9-8-20(19)23;;/h5-9,12-14,16,26-27H,10-11,15H2,1-4H3;2*1H. The van der Waals surface area contributed by atoms with Gasteiger partial charge in [-0.15, -0.1) is 24.8 Å². The highest BCUT2D eigenvalue weighted by Gasteiger charge is 2.16. The van der Waals surface area contributed by atoms with Crippen molar-refractivity contribution in [3.05, 3.63) is 59.9 Å². The Morgan fingerprint density at radius 2 is 1.69 bits per heavy atom. The summed E-state index contributed by atoms with van der Waals surface area (Å²) in [5, 5.41) is 4.69. The molecule has 3 aromatic rings. The van der Waals surface area contributed by atoms with Crippen molar-refractivity contribution in [2.45, 2.75) is 11.8 Å². The Labute approximate surface area is 218 Å². The summed E-state index contributed by atoms with van der Waals surface area (Å²) in [5.74, 6) is 1.72. The van der Waals surface area contributed by atoms with Gasteiger partial charge in [-0.25, -0.2) is 13.1 Å². The van der Waals surface area contributed by atoms with Crippen molar-refractivity contribution in [1.82, 2.24) is 15.0 Å². The van der Waals surface area contributed by atoms with Crippen molar-refractivity contribution in [3.8, 4) is 17.2 Å². The highest BCUT2D eigenvalue weighted by molar-refractivity contribution is 7.89. The summed E-state index contributed by atoms with van der Waals surface area (Å²) in [6, 6.07) is 10.6. The summed E-state index contributed by atoms with van der Waals surface area (Å²) in [4.78, 5) is 4.30. The van der Waals surface area contributed by atoms with Crippen molar-refractivity contribution < 1.29 is 22.6 Å². The van der Waals surface area contributed by atoms with E-state index in [9.17, 15) is 8.42 Å². The molecule has 0 spiro atoms. The molecule has 1 aromatic heterocycles. The van der Waals surface area contributed by atoms with Crippen LogP contribution in [0.15, 0.2) is 59.3 Å². The maximum absolute atomic E-state index is 12.8. The first-order chi connectivity index (χ1) is 15.9. The summed E-state index contributed by atoms with van der Waals surface area (Å²) in [6.45, 7) is 3.33. The van der Waals surface area contributed by atoms with Crippen LogP contribution in [0.3, 0.4) is 0 Å². The molecule has 1 heterocycles. The molecular formula is C24H31Cl2N3O5S. The Morgan fingerprint density at radius 1 is 1.00 bits per heavy atom. The Balaban J connectivity index is 0.00000306. The van der Waals surface area contributed by atoms with Gasteiger partial charge in [-0.1, -0.05) is 23.8 Å². The van der Waals surface area contributed by atoms with Gasteiger partial charge in [0.05, 0.1) is 26.2 Å². The van der Waals surface area contributed by atoms with Gasteiger partial charge in [0.2, 0.25) is 15.8 Å². The molecule has 35 heavy (non-hydrogen) atoms. The van der Waals surface area contributed by atoms with Gasteiger partial charge >= 0.3 is 0 Å². The normalized spacial score (nSPS) is 11.4. The van der Waals surface area contributed by atoms with Gasteiger partial charge < -0.3 is 19.5 Å². The number of fused-ring (bicyclic) bond motifs is 1. The van der Waals surface area contributed by atoms with E-state index in [4.69, 9.17) is 14.2 Å². The highest BCUT2D eigenvalue weighted by Crippen LogP contribution is 2.38. The second-order valence-corrected chi connectivity index (χ2v) is 9.11. The highest BCUT2D eigenvalue weighted by atomic mass is 35.5. The number of halogens is 2. The molecule has 192 valence electrons. The molecule has 0 radical (unpaired) electrons. The molecule has 0 saturated carbocycles. The average Bonchev–Trinajstić information content (AvgIpc) is 2.82. The van der Waals surface area contributed by atoms with E-state index in [1.54, 1.807) is 51.9 Å². The summed E-state index contributed by atoms with van der Waals surface area (Å²) >= 11 is 0. The number of sulfonamides is 1. The van der Waals surface area contributed by atoms with Gasteiger partial charge in [0.15, 0.2) is 11.5 Å². The molecule has 0 aliphatic heterocycles. The van der Waals surface area contributed by atoms with Crippen LogP contribution < -0.4 is 24.2 Å². The fourth-order valence-corrected chi connectivity index (χ4v) is 4.74. The lowest BCUT2D eigenvalue weighted by atomic mass is 10.1. The molecule has 8 nitrogen and oxygen atoms in total. The van der Waals surface area contributed by atoms with E-state index in [1.807, 2.05) is 31.2 Å². The van der Waals surface area contributed by atoms with Crippen LogP contribution in [-0.4, -0.2) is 54.4 Å². The van der Waals surface area contributed by atoms with Crippen LogP contribution in [0.2, 0.25) is 0 Å². The van der Waals surface area contributed by atoms with Crippen molar-refractivity contribution in [1.29, 1.82) is 0 Å². The molecule has 2 aromatic carbocycles. The molecule has 0 aliphatic rings. The smallest absolute Gasteiger partial charge is 0.241 e. The van der Waals surface area contributed by atoms with Crippen LogP contribution in [-0.2, 0) is 10.0 Å². The zero-order valence-electron chi connectivity index (χ0n) is 20.0. The zero-order chi connectivity index (χ0) is 23.8. The van der Waals surface area contributed by atoms with Gasteiger partial charge in [-0.3, -0.25) is 4.98 Å². The molecule has 0 amide bonds. The lowest BCUT2D eigenvalue weighted by Gasteiger charge is -2.13. The number of pyridine rings is 1. The van der Waals surface area contributed by atoms with Crippen molar-refractivity contribution in [2.24, 2.45) is 0 Å². The monoisotopic (exact) mass is 543 g/mol. The third-order valence-electron chi connectivity index (χ3n) is 5.03. The number of methoxy groups -OCH3 is 3. The number of rotatable bonds is 11. The van der Waals surface area contributed by atoms with E-state index < -0.39 is 10.0 Å². The second kappa shape index (κ2) is 14.1. The molecule has 0 fully saturated rings. The maximum Gasteiger partial charge on any atom is 0.241 e. The summed E-state index contributed by atoms with van der Waals surface area (Å²) in [7, 11) is 1.09. The molecule has 3 rings (SSSR count). The molecule has 0 aliphatic carbocycles. The molecular weight excluding hydrogens is 513 g/mol. The Bertz CT molecular complexity index is 1220. The summed E-state index contributed by atoms with van der Waals surface area (Å²) < 4.78 is 44.3. The first kappa shape index (κ1) is 30.5. The fraction of sp³-hybridized carbons (Fsp3) is 0.292. The van der Waals surface area contributed by atoms with Gasteiger partial charge in [-0.2, -0.15) is 0 Å². The first-order valence-corrected chi connectivity index (χ1v) is 11.9. The number of aromatic nitrogens is 1. The molecule has 11 heteroatoms. The summed E-state index contributed by atoms with van der Waals surface area (Å²) in [5.41, 5.74) is 1.98. The molecule has 0 saturated heterocycles. The Hall–Kier alpha value is -2.56. The minimum Gasteiger partial charge on any atom is -0.493 e. The van der Waals surface area contributed by atoms with E-state index >= 15 is 0 Å². The lowest BCUT2D eigenvalue weighted by molar-refractivity contribution is 0.324. The Morgan fingerprint density at radius 3 is 2.31 bits per heavy atom. The SMILES string of the molecule is COc1cc(C=C(C)CNCCNS(=O)(=O)c2cccc3cnccc23)cc(OC)c1OC.Cl.Cl. The lowest BCUT2D eigenvalue weighted by Crippen LogP contribution is -2.32. The van der Waals surface area contributed by atoms with E-state index in [0.717, 1.165) is 16.5 Å². The van der Waals surface area contributed by atoms with Crippen LogP contribution in [0.4, 0.5) is 0 Å². The van der Waals surface area contributed by atoms with Crippen LogP contribution in [0.5, 0.6) is 17.2 Å². The quantitative estimate of drug-likeness (QED) is 0.351. The zero-order valence-corrected chi connectivity index (χ0v) is 22.5. The van der Waals surface area contributed by atoms with Gasteiger partial charge in [-0.05, 0) is 36.8 Å². The first-order valence-electron chi connectivity index (χ1n) is 10.4. The van der Waals surface area contributed by atoms with Crippen LogP contribution >= 0.6 is 24.8 Å². The Kier molecular flexibility index (Phi) is 12.3. The predicted octanol–water partition coefficient (Wildman–Crippen LogP) is 4.08. The van der Waals surface area contributed by atoms with Crippen molar-refractivity contribution >= 4 is 51.7 Å². The number of hydrogen-bond donors (Lipinski definition) is 2. The minimum absolute atomic E-state index is 0. The minimum atomic E-state index is -3.63. The van der Waals surface area contributed by atoms with Crippen molar-refractivity contribution in [3.63, 3.8) is 0 Å². The predicted molar refractivity (Wildman–Crippen MR) is 144 cm³/mol. The number of nitrogens with zero attached hydrogens (tertiary/aromatic N) is 1. The number of ether oxygens (including phenoxy) is 3. The van der Waals surface area contributed by atoms with Crippen LogP contribution in [0, 0.1) is 0 Å². The summed E-state index contributed by atoms with van der Waals surface area (Å²) in [6.07, 6.45) is 5.25. The van der Waals surface area contributed by atoms with E-state index in [2.05, 4.69) is 15.0 Å². The van der Waals surface area contributed by atoms with Crippen molar-refractivity contribution in [2.75, 3.05) is 41.0 Å². The van der Waals surface area contributed by atoms with E-state index in [1.165, 1.54) is 0 Å². The molecule has 2 N–H and O–H groups in total. The maximum atomic E-state index is 12.8. The van der Waals surface area contributed by atoms with Gasteiger partial charge in [0, 0.05) is 42.8 Å². The van der Waals surface area contributed by atoms with Gasteiger partial charge in [0.1, 0.15) is 0 Å². The van der Waals surface area contributed by atoms with Crippen LogP contribution in [0.25, 0.3) is 16.8 Å². The van der Waals surface area contributed by atoms with E-state index in [0.29, 0.717) is 35.7 Å². The molecule has 0 unspecified atom stereocenters. The third-order valence-corrected chi connectivity index (χ3v) is 6.55. The average molecular weight is 545 g/mol. The molecule has 0 bridgehead atoms. The number of benzene rings is 2. The second-order valence-electron chi connectivity index (χ2n) is 7.38. The molecule has 0 atom stereocenters. The number of nitrogens with one attached hydrogen (secondary N) is 2. The third kappa shape index (κ3) is 7.71. The van der Waals surface area contributed by atoms with Crippen LogP contribution in [0.1, 0.15) is 12.5 Å². The topological polar surface area (TPSA) is 98.8 Å². The fourth-order valence-electron chi connectivity index (χ4n) is 3.48. The van der Waals surface area contributed by atoms with E-state index in [-0.39, 0.29) is 36.3 Å².